The molecular weight excluding hydrogens is 264 g/mol. The largest absolute Gasteiger partial charge is 0.323 e. The SMILES string of the molecule is O=C1NC(=O)C2(CC(CS(=O)c3ccccc3)C2)N1. The van der Waals surface area contributed by atoms with Crippen molar-refractivity contribution in [2.45, 2.75) is 23.3 Å². The number of nitrogens with one attached hydrogen (secondary N) is 2. The molecule has 2 fully saturated rings. The quantitative estimate of drug-likeness (QED) is 0.802. The van der Waals surface area contributed by atoms with Gasteiger partial charge in [0, 0.05) is 10.6 Å². The van der Waals surface area contributed by atoms with Gasteiger partial charge in [-0.05, 0) is 30.9 Å². The van der Waals surface area contributed by atoms with E-state index in [1.807, 2.05) is 30.3 Å². The highest BCUT2D eigenvalue weighted by Crippen LogP contribution is 2.40. The minimum atomic E-state index is -1.04. The lowest BCUT2D eigenvalue weighted by atomic mass is 9.69. The molecule has 1 aliphatic carbocycles. The molecule has 1 spiro atoms. The molecule has 1 atom stereocenters. The average Bonchev–Trinajstić information content (AvgIpc) is 2.65. The normalized spacial score (nSPS) is 30.6. The Morgan fingerprint density at radius 2 is 1.89 bits per heavy atom. The van der Waals surface area contributed by atoms with Crippen molar-refractivity contribution in [2.24, 2.45) is 5.92 Å². The average molecular weight is 278 g/mol. The molecule has 1 saturated heterocycles. The highest BCUT2D eigenvalue weighted by Gasteiger charge is 2.55. The van der Waals surface area contributed by atoms with Gasteiger partial charge in [0.15, 0.2) is 0 Å². The van der Waals surface area contributed by atoms with Crippen LogP contribution < -0.4 is 10.6 Å². The van der Waals surface area contributed by atoms with Crippen LogP contribution in [0.25, 0.3) is 0 Å². The molecular formula is C13H14N2O3S. The van der Waals surface area contributed by atoms with Gasteiger partial charge in [-0.3, -0.25) is 14.3 Å². The maximum absolute atomic E-state index is 12.1. The summed E-state index contributed by atoms with van der Waals surface area (Å²) in [6.07, 6.45) is 1.15. The zero-order valence-corrected chi connectivity index (χ0v) is 11.0. The third-order valence-corrected chi connectivity index (χ3v) is 5.25. The second kappa shape index (κ2) is 4.45. The minimum Gasteiger partial charge on any atom is -0.323 e. The second-order valence-corrected chi connectivity index (χ2v) is 6.59. The molecule has 3 amide bonds. The molecule has 3 rings (SSSR count). The Bertz CT molecular complexity index is 552. The first kappa shape index (κ1) is 12.3. The lowest BCUT2D eigenvalue weighted by molar-refractivity contribution is -0.128. The molecule has 6 heteroatoms. The Morgan fingerprint density at radius 3 is 2.47 bits per heavy atom. The zero-order valence-electron chi connectivity index (χ0n) is 10.2. The number of urea groups is 1. The fourth-order valence-electron chi connectivity index (χ4n) is 2.74. The van der Waals surface area contributed by atoms with Crippen molar-refractivity contribution in [2.75, 3.05) is 5.75 Å². The lowest BCUT2D eigenvalue weighted by Gasteiger charge is -2.42. The Hall–Kier alpha value is -1.69. The molecule has 2 aliphatic rings. The number of imide groups is 1. The van der Waals surface area contributed by atoms with E-state index in [0.717, 1.165) is 4.90 Å². The van der Waals surface area contributed by atoms with Crippen molar-refractivity contribution in [3.8, 4) is 0 Å². The minimum absolute atomic E-state index is 0.213. The summed E-state index contributed by atoms with van der Waals surface area (Å²) >= 11 is 0. The molecule has 5 nitrogen and oxygen atoms in total. The fourth-order valence-corrected chi connectivity index (χ4v) is 4.06. The number of amides is 3. The van der Waals surface area contributed by atoms with Crippen LogP contribution in [-0.4, -0.2) is 27.4 Å². The van der Waals surface area contributed by atoms with E-state index >= 15 is 0 Å². The molecule has 1 heterocycles. The first-order valence-corrected chi connectivity index (χ1v) is 7.48. The van der Waals surface area contributed by atoms with Crippen molar-refractivity contribution in [3.63, 3.8) is 0 Å². The maximum atomic E-state index is 12.1. The Kier molecular flexibility index (Phi) is 2.89. The van der Waals surface area contributed by atoms with Crippen LogP contribution in [0.3, 0.4) is 0 Å². The highest BCUT2D eigenvalue weighted by molar-refractivity contribution is 7.85. The standard InChI is InChI=1S/C13H14N2O3S/c16-11-13(15-12(17)14-11)6-9(7-13)8-19(18)10-4-2-1-3-5-10/h1-5,9H,6-8H2,(H2,14,15,16,17). The van der Waals surface area contributed by atoms with Crippen LogP contribution in [0.2, 0.25) is 0 Å². The number of rotatable bonds is 3. The van der Waals surface area contributed by atoms with Gasteiger partial charge in [-0.2, -0.15) is 0 Å². The molecule has 1 aliphatic heterocycles. The molecule has 0 bridgehead atoms. The summed E-state index contributed by atoms with van der Waals surface area (Å²) in [6.45, 7) is 0. The van der Waals surface area contributed by atoms with Gasteiger partial charge in [-0.25, -0.2) is 4.79 Å². The van der Waals surface area contributed by atoms with Crippen LogP contribution in [0, 0.1) is 5.92 Å². The predicted molar refractivity (Wildman–Crippen MR) is 69.8 cm³/mol. The summed E-state index contributed by atoms with van der Waals surface area (Å²) in [5.74, 6) is 0.499. The monoisotopic (exact) mass is 278 g/mol. The van der Waals surface area contributed by atoms with Crippen molar-refractivity contribution < 1.29 is 13.8 Å². The van der Waals surface area contributed by atoms with E-state index in [4.69, 9.17) is 0 Å². The topological polar surface area (TPSA) is 75.3 Å². The fraction of sp³-hybridized carbons (Fsp3) is 0.385. The van der Waals surface area contributed by atoms with Crippen molar-refractivity contribution in [1.82, 2.24) is 10.6 Å². The van der Waals surface area contributed by atoms with Crippen LogP contribution in [0.5, 0.6) is 0 Å². The first-order valence-electron chi connectivity index (χ1n) is 6.16. The van der Waals surface area contributed by atoms with Crippen LogP contribution in [0.4, 0.5) is 4.79 Å². The van der Waals surface area contributed by atoms with Gasteiger partial charge in [0.1, 0.15) is 5.54 Å². The summed E-state index contributed by atoms with van der Waals surface area (Å²) < 4.78 is 12.1. The van der Waals surface area contributed by atoms with E-state index in [9.17, 15) is 13.8 Å². The van der Waals surface area contributed by atoms with Crippen molar-refractivity contribution in [1.29, 1.82) is 0 Å². The Labute approximate surface area is 113 Å². The summed E-state index contributed by atoms with van der Waals surface area (Å²) in [7, 11) is -1.04. The molecule has 0 radical (unpaired) electrons. The summed E-state index contributed by atoms with van der Waals surface area (Å²) in [6, 6.07) is 8.87. The summed E-state index contributed by atoms with van der Waals surface area (Å²) in [5, 5.41) is 4.91. The van der Waals surface area contributed by atoms with Gasteiger partial charge < -0.3 is 5.32 Å². The molecule has 2 N–H and O–H groups in total. The number of carbonyl (C=O) groups is 2. The van der Waals surface area contributed by atoms with Gasteiger partial charge in [0.25, 0.3) is 5.91 Å². The smallest absolute Gasteiger partial charge is 0.322 e. The maximum Gasteiger partial charge on any atom is 0.322 e. The third-order valence-electron chi connectivity index (χ3n) is 3.68. The number of carbonyl (C=O) groups excluding carboxylic acids is 2. The van der Waals surface area contributed by atoms with Crippen LogP contribution in [-0.2, 0) is 15.6 Å². The molecule has 1 aromatic rings. The van der Waals surface area contributed by atoms with E-state index in [-0.39, 0.29) is 11.8 Å². The number of benzene rings is 1. The van der Waals surface area contributed by atoms with Gasteiger partial charge >= 0.3 is 6.03 Å². The van der Waals surface area contributed by atoms with Crippen LogP contribution in [0.1, 0.15) is 12.8 Å². The Morgan fingerprint density at radius 1 is 1.21 bits per heavy atom. The van der Waals surface area contributed by atoms with Crippen molar-refractivity contribution >= 4 is 22.7 Å². The van der Waals surface area contributed by atoms with Gasteiger partial charge in [-0.1, -0.05) is 18.2 Å². The number of hydrogen-bond donors (Lipinski definition) is 2. The molecule has 0 aromatic heterocycles. The van der Waals surface area contributed by atoms with E-state index in [2.05, 4.69) is 10.6 Å². The van der Waals surface area contributed by atoms with Crippen LogP contribution >= 0.6 is 0 Å². The molecule has 1 saturated carbocycles. The van der Waals surface area contributed by atoms with E-state index < -0.39 is 22.4 Å². The van der Waals surface area contributed by atoms with E-state index in [0.29, 0.717) is 18.6 Å². The second-order valence-electron chi connectivity index (χ2n) is 5.09. The van der Waals surface area contributed by atoms with Crippen molar-refractivity contribution in [3.05, 3.63) is 30.3 Å². The summed E-state index contributed by atoms with van der Waals surface area (Å²) in [5.41, 5.74) is -0.733. The molecule has 1 unspecified atom stereocenters. The highest BCUT2D eigenvalue weighted by atomic mass is 32.2. The molecule has 100 valence electrons. The summed E-state index contributed by atoms with van der Waals surface area (Å²) in [4.78, 5) is 23.5. The molecule has 1 aromatic carbocycles. The third kappa shape index (κ3) is 2.16. The lowest BCUT2D eigenvalue weighted by Crippen LogP contribution is -2.57. The van der Waals surface area contributed by atoms with E-state index in [1.54, 1.807) is 0 Å². The Balaban J connectivity index is 1.59. The zero-order chi connectivity index (χ0) is 13.5. The van der Waals surface area contributed by atoms with Gasteiger partial charge in [0.05, 0.1) is 10.8 Å². The number of hydrogen-bond acceptors (Lipinski definition) is 3. The van der Waals surface area contributed by atoms with Crippen LogP contribution in [0.15, 0.2) is 35.2 Å². The van der Waals surface area contributed by atoms with Gasteiger partial charge in [-0.15, -0.1) is 0 Å². The van der Waals surface area contributed by atoms with Gasteiger partial charge in [0.2, 0.25) is 0 Å². The first-order chi connectivity index (χ1) is 9.09. The predicted octanol–water partition coefficient (Wildman–Crippen LogP) is 0.782. The van der Waals surface area contributed by atoms with E-state index in [1.165, 1.54) is 0 Å². The molecule has 19 heavy (non-hydrogen) atoms.